The maximum absolute atomic E-state index is 12.2. The van der Waals surface area contributed by atoms with Crippen molar-refractivity contribution in [3.63, 3.8) is 0 Å². The second kappa shape index (κ2) is 7.33. The van der Waals surface area contributed by atoms with Gasteiger partial charge in [-0.15, -0.1) is 0 Å². The number of nitrogens with one attached hydrogen (secondary N) is 1. The second-order valence-corrected chi connectivity index (χ2v) is 4.98. The van der Waals surface area contributed by atoms with Crippen molar-refractivity contribution in [3.8, 4) is 0 Å². The first kappa shape index (κ1) is 14.9. The van der Waals surface area contributed by atoms with E-state index in [0.29, 0.717) is 0 Å². The van der Waals surface area contributed by atoms with Crippen LogP contribution >= 0.6 is 0 Å². The van der Waals surface area contributed by atoms with Gasteiger partial charge in [0.1, 0.15) is 6.61 Å². The standard InChI is InChI=1S/C17H20N2O2/c1-14(2)19(18-16-11-7-4-8-12-16)17(20)21-13-15-9-5-3-6-10-15/h3-12,14,18H,13H2,1-2H3. The highest BCUT2D eigenvalue weighted by Crippen LogP contribution is 2.11. The number of anilines is 1. The Labute approximate surface area is 125 Å². The lowest BCUT2D eigenvalue weighted by Crippen LogP contribution is -2.41. The largest absolute Gasteiger partial charge is 0.443 e. The summed E-state index contributed by atoms with van der Waals surface area (Å²) < 4.78 is 5.35. The second-order valence-electron chi connectivity index (χ2n) is 4.98. The smallest absolute Gasteiger partial charge is 0.429 e. The van der Waals surface area contributed by atoms with Crippen molar-refractivity contribution in [1.29, 1.82) is 0 Å². The van der Waals surface area contributed by atoms with Crippen LogP contribution in [0, 0.1) is 0 Å². The van der Waals surface area contributed by atoms with E-state index in [2.05, 4.69) is 5.43 Å². The van der Waals surface area contributed by atoms with E-state index in [0.717, 1.165) is 11.3 Å². The molecule has 4 heteroatoms. The number of carbonyl (C=O) groups excluding carboxylic acids is 1. The topological polar surface area (TPSA) is 41.6 Å². The highest BCUT2D eigenvalue weighted by Gasteiger charge is 2.18. The van der Waals surface area contributed by atoms with Crippen molar-refractivity contribution in [3.05, 3.63) is 66.2 Å². The first-order chi connectivity index (χ1) is 10.2. The van der Waals surface area contributed by atoms with Crippen LogP contribution in [-0.2, 0) is 11.3 Å². The third kappa shape index (κ3) is 4.53. The lowest BCUT2D eigenvalue weighted by molar-refractivity contribution is 0.0954. The van der Waals surface area contributed by atoms with Crippen molar-refractivity contribution < 1.29 is 9.53 Å². The van der Waals surface area contributed by atoms with Crippen LogP contribution in [0.4, 0.5) is 10.5 Å². The fourth-order valence-electron chi connectivity index (χ4n) is 1.83. The van der Waals surface area contributed by atoms with E-state index in [-0.39, 0.29) is 12.6 Å². The zero-order valence-electron chi connectivity index (χ0n) is 12.3. The first-order valence-electron chi connectivity index (χ1n) is 6.98. The van der Waals surface area contributed by atoms with Gasteiger partial charge in [-0.1, -0.05) is 48.5 Å². The molecule has 0 aliphatic heterocycles. The van der Waals surface area contributed by atoms with Gasteiger partial charge >= 0.3 is 6.09 Å². The summed E-state index contributed by atoms with van der Waals surface area (Å²) in [4.78, 5) is 12.2. The van der Waals surface area contributed by atoms with Gasteiger partial charge in [0.05, 0.1) is 11.7 Å². The number of nitrogens with zero attached hydrogens (tertiary/aromatic N) is 1. The number of benzene rings is 2. The van der Waals surface area contributed by atoms with Gasteiger partial charge in [-0.05, 0) is 31.5 Å². The summed E-state index contributed by atoms with van der Waals surface area (Å²) >= 11 is 0. The highest BCUT2D eigenvalue weighted by atomic mass is 16.6. The molecular weight excluding hydrogens is 264 g/mol. The number of amides is 1. The molecule has 0 aliphatic carbocycles. The molecule has 0 fully saturated rings. The van der Waals surface area contributed by atoms with Crippen molar-refractivity contribution in [2.24, 2.45) is 0 Å². The Hall–Kier alpha value is -2.49. The summed E-state index contributed by atoms with van der Waals surface area (Å²) in [5.74, 6) is 0. The molecule has 0 saturated heterocycles. The third-order valence-electron chi connectivity index (χ3n) is 2.94. The Morgan fingerprint density at radius 3 is 2.19 bits per heavy atom. The third-order valence-corrected chi connectivity index (χ3v) is 2.94. The van der Waals surface area contributed by atoms with Crippen LogP contribution in [0.3, 0.4) is 0 Å². The zero-order valence-corrected chi connectivity index (χ0v) is 12.3. The van der Waals surface area contributed by atoms with Gasteiger partial charge in [-0.2, -0.15) is 0 Å². The van der Waals surface area contributed by atoms with Gasteiger partial charge in [0, 0.05) is 0 Å². The van der Waals surface area contributed by atoms with Gasteiger partial charge in [0.25, 0.3) is 0 Å². The van der Waals surface area contributed by atoms with Crippen LogP contribution in [0.5, 0.6) is 0 Å². The van der Waals surface area contributed by atoms with Crippen LogP contribution in [0.15, 0.2) is 60.7 Å². The molecule has 0 atom stereocenters. The van der Waals surface area contributed by atoms with E-state index in [1.807, 2.05) is 74.5 Å². The van der Waals surface area contributed by atoms with E-state index in [9.17, 15) is 4.79 Å². The summed E-state index contributed by atoms with van der Waals surface area (Å²) in [7, 11) is 0. The van der Waals surface area contributed by atoms with Gasteiger partial charge in [-0.25, -0.2) is 9.80 Å². The van der Waals surface area contributed by atoms with Gasteiger partial charge in [0.15, 0.2) is 0 Å². The van der Waals surface area contributed by atoms with E-state index in [1.54, 1.807) is 0 Å². The highest BCUT2D eigenvalue weighted by molar-refractivity contribution is 5.70. The van der Waals surface area contributed by atoms with Gasteiger partial charge in [-0.3, -0.25) is 5.43 Å². The minimum atomic E-state index is -0.391. The Balaban J connectivity index is 1.96. The summed E-state index contributed by atoms with van der Waals surface area (Å²) in [6.45, 7) is 4.12. The minimum Gasteiger partial charge on any atom is -0.443 e. The van der Waals surface area contributed by atoms with Crippen molar-refractivity contribution >= 4 is 11.8 Å². The van der Waals surface area contributed by atoms with Gasteiger partial charge in [0.2, 0.25) is 0 Å². The van der Waals surface area contributed by atoms with E-state index < -0.39 is 6.09 Å². The molecule has 0 heterocycles. The number of hydrogen-bond donors (Lipinski definition) is 1. The Bertz CT molecular complexity index is 556. The minimum absolute atomic E-state index is 0.0199. The van der Waals surface area contributed by atoms with E-state index >= 15 is 0 Å². The average molecular weight is 284 g/mol. The molecule has 2 aromatic carbocycles. The maximum atomic E-state index is 12.2. The molecule has 0 aliphatic rings. The number of hydrogen-bond acceptors (Lipinski definition) is 3. The molecule has 1 N–H and O–H groups in total. The molecule has 2 rings (SSSR count). The molecule has 0 radical (unpaired) electrons. The SMILES string of the molecule is CC(C)N(Nc1ccccc1)C(=O)OCc1ccccc1. The van der Waals surface area contributed by atoms with Gasteiger partial charge < -0.3 is 4.74 Å². The quantitative estimate of drug-likeness (QED) is 0.842. The monoisotopic (exact) mass is 284 g/mol. The molecule has 0 aromatic heterocycles. The predicted octanol–water partition coefficient (Wildman–Crippen LogP) is 4.06. The van der Waals surface area contributed by atoms with Crippen LogP contribution in [0.2, 0.25) is 0 Å². The molecule has 4 nitrogen and oxygen atoms in total. The number of ether oxygens (including phenoxy) is 1. The fourth-order valence-corrected chi connectivity index (χ4v) is 1.83. The summed E-state index contributed by atoms with van der Waals surface area (Å²) in [6, 6.07) is 19.2. The molecular formula is C17H20N2O2. The molecule has 1 amide bonds. The van der Waals surface area contributed by atoms with Crippen molar-refractivity contribution in [1.82, 2.24) is 5.01 Å². The van der Waals surface area contributed by atoms with Crippen LogP contribution in [0.25, 0.3) is 0 Å². The number of para-hydroxylation sites is 1. The normalized spacial score (nSPS) is 10.2. The number of hydrazine groups is 1. The fraction of sp³-hybridized carbons (Fsp3) is 0.235. The van der Waals surface area contributed by atoms with E-state index in [1.165, 1.54) is 5.01 Å². The summed E-state index contributed by atoms with van der Waals surface area (Å²) in [5.41, 5.74) is 4.89. The van der Waals surface area contributed by atoms with Crippen LogP contribution in [0.1, 0.15) is 19.4 Å². The molecule has 21 heavy (non-hydrogen) atoms. The van der Waals surface area contributed by atoms with E-state index in [4.69, 9.17) is 4.74 Å². The predicted molar refractivity (Wildman–Crippen MR) is 83.7 cm³/mol. The maximum Gasteiger partial charge on any atom is 0.429 e. The molecule has 0 spiro atoms. The lowest BCUT2D eigenvalue weighted by Gasteiger charge is -2.27. The Kier molecular flexibility index (Phi) is 5.21. The zero-order chi connectivity index (χ0) is 15.1. The lowest BCUT2D eigenvalue weighted by atomic mass is 10.2. The molecule has 0 saturated carbocycles. The molecule has 0 unspecified atom stereocenters. The van der Waals surface area contributed by atoms with Crippen molar-refractivity contribution in [2.75, 3.05) is 5.43 Å². The molecule has 0 bridgehead atoms. The molecule has 110 valence electrons. The van der Waals surface area contributed by atoms with Crippen LogP contribution < -0.4 is 5.43 Å². The number of carbonyl (C=O) groups is 1. The number of rotatable bonds is 5. The summed E-state index contributed by atoms with van der Waals surface area (Å²) in [6.07, 6.45) is -0.391. The molecule has 2 aromatic rings. The van der Waals surface area contributed by atoms with Crippen LogP contribution in [-0.4, -0.2) is 17.1 Å². The Morgan fingerprint density at radius 2 is 1.62 bits per heavy atom. The average Bonchev–Trinajstić information content (AvgIpc) is 2.52. The van der Waals surface area contributed by atoms with Crippen molar-refractivity contribution in [2.45, 2.75) is 26.5 Å². The Morgan fingerprint density at radius 1 is 1.05 bits per heavy atom. The summed E-state index contributed by atoms with van der Waals surface area (Å²) in [5, 5.41) is 1.48. The first-order valence-corrected chi connectivity index (χ1v) is 6.98.